The van der Waals surface area contributed by atoms with E-state index in [1.165, 1.54) is 60.9 Å². The second-order valence-electron chi connectivity index (χ2n) is 14.0. The standard InChI is InChI=1S/C39H61N5O2S/c1-7-9-10-11-12-17-20-35-34-22-21-31(38(45)40-47-41(4)5)28-36(34)44-29-32(19-16-14-13-15-18-30(3)37(35)44)39(46)43-26-23-33(24-27-43)42(6)25-8-2/h13-15,18,21-22,28,30,32-33H,7-12,16-17,19-20,23-27,29H2,1-6H3,(H,40,45)/b14-13-,18-15-. The maximum absolute atomic E-state index is 14.3. The van der Waals surface area contributed by atoms with E-state index in [0.29, 0.717) is 18.2 Å². The first-order chi connectivity index (χ1) is 22.7. The molecule has 260 valence electrons. The fourth-order valence-electron chi connectivity index (χ4n) is 7.46. The molecule has 2 atom stereocenters. The summed E-state index contributed by atoms with van der Waals surface area (Å²) in [5, 5.41) is 1.23. The molecule has 0 bridgehead atoms. The van der Waals surface area contributed by atoms with Crippen LogP contribution in [0, 0.1) is 5.92 Å². The quantitative estimate of drug-likeness (QED) is 0.163. The molecule has 0 aliphatic carbocycles. The number of amides is 2. The number of likely N-dealkylation sites (tertiary alicyclic amines) is 1. The van der Waals surface area contributed by atoms with Gasteiger partial charge in [-0.15, -0.1) is 0 Å². The lowest BCUT2D eigenvalue weighted by atomic mass is 9.95. The Morgan fingerprint density at radius 3 is 2.43 bits per heavy atom. The van der Waals surface area contributed by atoms with Crippen LogP contribution < -0.4 is 4.72 Å². The van der Waals surface area contributed by atoms with Crippen molar-refractivity contribution in [2.75, 3.05) is 40.8 Å². The zero-order valence-electron chi connectivity index (χ0n) is 30.1. The molecule has 1 fully saturated rings. The molecule has 1 aromatic carbocycles. The third-order valence-electron chi connectivity index (χ3n) is 10.1. The molecule has 2 aromatic rings. The van der Waals surface area contributed by atoms with Crippen LogP contribution in [-0.2, 0) is 17.8 Å². The topological polar surface area (TPSA) is 60.8 Å². The molecule has 2 amide bonds. The average Bonchev–Trinajstić information content (AvgIpc) is 3.36. The van der Waals surface area contributed by atoms with E-state index in [0.717, 1.165) is 70.1 Å². The normalized spacial score (nSPS) is 20.7. The third kappa shape index (κ3) is 10.2. The van der Waals surface area contributed by atoms with Crippen molar-refractivity contribution in [2.24, 2.45) is 5.92 Å². The van der Waals surface area contributed by atoms with E-state index in [4.69, 9.17) is 0 Å². The number of nitrogens with zero attached hydrogens (tertiary/aromatic N) is 4. The van der Waals surface area contributed by atoms with Crippen LogP contribution in [0.3, 0.4) is 0 Å². The van der Waals surface area contributed by atoms with Gasteiger partial charge in [-0.3, -0.25) is 14.3 Å². The number of allylic oxidation sites excluding steroid dienone is 4. The van der Waals surface area contributed by atoms with Crippen molar-refractivity contribution in [2.45, 2.75) is 116 Å². The first-order valence-electron chi connectivity index (χ1n) is 18.4. The Labute approximate surface area is 289 Å². The molecular weight excluding hydrogens is 603 g/mol. The first-order valence-corrected chi connectivity index (χ1v) is 19.1. The van der Waals surface area contributed by atoms with Gasteiger partial charge in [0.1, 0.15) is 0 Å². The number of aromatic nitrogens is 1. The van der Waals surface area contributed by atoms with Crippen LogP contribution in [0.15, 0.2) is 42.5 Å². The summed E-state index contributed by atoms with van der Waals surface area (Å²) in [6.07, 6.45) is 22.3. The predicted molar refractivity (Wildman–Crippen MR) is 200 cm³/mol. The van der Waals surface area contributed by atoms with Crippen LogP contribution in [0.1, 0.15) is 119 Å². The Balaban J connectivity index is 1.70. The highest BCUT2D eigenvalue weighted by atomic mass is 32.2. The summed E-state index contributed by atoms with van der Waals surface area (Å²) in [5.74, 6) is 0.252. The van der Waals surface area contributed by atoms with Gasteiger partial charge in [-0.05, 0) is 90.3 Å². The molecule has 0 radical (unpaired) electrons. The molecule has 47 heavy (non-hydrogen) atoms. The van der Waals surface area contributed by atoms with Crippen molar-refractivity contribution in [3.63, 3.8) is 0 Å². The maximum Gasteiger partial charge on any atom is 0.262 e. The van der Waals surface area contributed by atoms with Gasteiger partial charge in [0.25, 0.3) is 5.91 Å². The molecule has 3 heterocycles. The Morgan fingerprint density at radius 1 is 0.957 bits per heavy atom. The summed E-state index contributed by atoms with van der Waals surface area (Å²) in [5.41, 5.74) is 4.42. The van der Waals surface area contributed by atoms with Crippen LogP contribution in [0.4, 0.5) is 0 Å². The molecule has 0 spiro atoms. The summed E-state index contributed by atoms with van der Waals surface area (Å²) in [6.45, 7) is 10.2. The van der Waals surface area contributed by atoms with Crippen molar-refractivity contribution in [1.82, 2.24) is 23.4 Å². The summed E-state index contributed by atoms with van der Waals surface area (Å²) in [6, 6.07) is 6.76. The van der Waals surface area contributed by atoms with E-state index in [-0.39, 0.29) is 23.7 Å². The molecule has 8 heteroatoms. The lowest BCUT2D eigenvalue weighted by molar-refractivity contribution is -0.137. The van der Waals surface area contributed by atoms with Gasteiger partial charge in [0.05, 0.1) is 5.92 Å². The highest BCUT2D eigenvalue weighted by Gasteiger charge is 2.31. The number of nitrogens with one attached hydrogen (secondary N) is 1. The Morgan fingerprint density at radius 2 is 1.70 bits per heavy atom. The van der Waals surface area contributed by atoms with E-state index in [1.54, 1.807) is 0 Å². The molecule has 4 rings (SSSR count). The van der Waals surface area contributed by atoms with Crippen LogP contribution in [-0.4, -0.2) is 77.3 Å². The first kappa shape index (κ1) is 37.3. The SMILES string of the molecule is CCCCCCCCc1c2n(c3cc(C(=O)NSN(C)C)ccc13)CC(C(=O)N1CCC(N(C)CCC)CC1)CC/C=C\C=C/C2C. The van der Waals surface area contributed by atoms with E-state index in [2.05, 4.69) is 83.3 Å². The molecule has 0 saturated carbocycles. The number of fused-ring (bicyclic) bond motifs is 3. The van der Waals surface area contributed by atoms with Gasteiger partial charge in [-0.25, -0.2) is 4.31 Å². The Kier molecular flexibility index (Phi) is 14.9. The molecule has 2 unspecified atom stereocenters. The number of rotatable bonds is 14. The van der Waals surface area contributed by atoms with Gasteiger partial charge >= 0.3 is 0 Å². The molecular formula is C39H61N5O2S. The smallest absolute Gasteiger partial charge is 0.262 e. The van der Waals surface area contributed by atoms with E-state index in [1.807, 2.05) is 24.5 Å². The number of hydrogen-bond acceptors (Lipinski definition) is 5. The summed E-state index contributed by atoms with van der Waals surface area (Å²) < 4.78 is 7.27. The summed E-state index contributed by atoms with van der Waals surface area (Å²) in [4.78, 5) is 32.2. The number of piperidine rings is 1. The van der Waals surface area contributed by atoms with E-state index >= 15 is 0 Å². The number of hydrogen-bond donors (Lipinski definition) is 1. The van der Waals surface area contributed by atoms with Gasteiger partial charge < -0.3 is 14.4 Å². The van der Waals surface area contributed by atoms with Crippen molar-refractivity contribution < 1.29 is 9.59 Å². The van der Waals surface area contributed by atoms with Gasteiger partial charge in [0.2, 0.25) is 5.91 Å². The monoisotopic (exact) mass is 663 g/mol. The molecule has 2 aliphatic heterocycles. The second kappa shape index (κ2) is 18.8. The van der Waals surface area contributed by atoms with Gasteiger partial charge in [0, 0.05) is 65.9 Å². The van der Waals surface area contributed by atoms with Gasteiger partial charge in [-0.2, -0.15) is 0 Å². The number of carbonyl (C=O) groups is 2. The number of carbonyl (C=O) groups excluding carboxylic acids is 2. The fraction of sp³-hybridized carbons (Fsp3) is 0.641. The van der Waals surface area contributed by atoms with Crippen LogP contribution >= 0.6 is 12.1 Å². The minimum absolute atomic E-state index is 0.101. The van der Waals surface area contributed by atoms with Crippen molar-refractivity contribution in [1.29, 1.82) is 0 Å². The zero-order chi connectivity index (χ0) is 33.8. The van der Waals surface area contributed by atoms with Crippen LogP contribution in [0.2, 0.25) is 0 Å². The highest BCUT2D eigenvalue weighted by molar-refractivity contribution is 7.95. The molecule has 7 nitrogen and oxygen atoms in total. The van der Waals surface area contributed by atoms with Gasteiger partial charge in [-0.1, -0.05) is 83.2 Å². The number of benzene rings is 1. The van der Waals surface area contributed by atoms with Gasteiger partial charge in [0.15, 0.2) is 0 Å². The Hall–Kier alpha value is -2.55. The summed E-state index contributed by atoms with van der Waals surface area (Å²) in [7, 11) is 6.06. The van der Waals surface area contributed by atoms with Crippen LogP contribution in [0.5, 0.6) is 0 Å². The largest absolute Gasteiger partial charge is 0.343 e. The minimum Gasteiger partial charge on any atom is -0.343 e. The average molecular weight is 664 g/mol. The third-order valence-corrected chi connectivity index (χ3v) is 10.7. The second-order valence-corrected chi connectivity index (χ2v) is 15.1. The Bertz CT molecular complexity index is 1360. The van der Waals surface area contributed by atoms with E-state index < -0.39 is 0 Å². The van der Waals surface area contributed by atoms with Crippen molar-refractivity contribution in [3.05, 3.63) is 59.3 Å². The summed E-state index contributed by atoms with van der Waals surface area (Å²) >= 11 is 1.29. The molecule has 2 aliphatic rings. The molecule has 1 saturated heterocycles. The van der Waals surface area contributed by atoms with Crippen molar-refractivity contribution >= 4 is 34.9 Å². The zero-order valence-corrected chi connectivity index (χ0v) is 30.9. The van der Waals surface area contributed by atoms with Crippen LogP contribution in [0.25, 0.3) is 10.9 Å². The van der Waals surface area contributed by atoms with Crippen molar-refractivity contribution in [3.8, 4) is 0 Å². The predicted octanol–water partition coefficient (Wildman–Crippen LogP) is 8.36. The molecule has 1 aromatic heterocycles. The lowest BCUT2D eigenvalue weighted by Gasteiger charge is -2.38. The molecule has 1 N–H and O–H groups in total. The maximum atomic E-state index is 14.3. The highest BCUT2D eigenvalue weighted by Crippen LogP contribution is 2.36. The minimum atomic E-state index is -0.118. The van der Waals surface area contributed by atoms with E-state index in [9.17, 15) is 9.59 Å². The lowest BCUT2D eigenvalue weighted by Crippen LogP contribution is -2.48. The number of unbranched alkanes of at least 4 members (excludes halogenated alkanes) is 5. The number of aryl methyl sites for hydroxylation is 1. The fourth-order valence-corrected chi connectivity index (χ4v) is 7.85.